The van der Waals surface area contributed by atoms with Crippen LogP contribution in [0.4, 0.5) is 0 Å². The molecule has 0 fully saturated rings. The average molecular weight is 261 g/mol. The molecule has 0 bridgehead atoms. The second kappa shape index (κ2) is 5.95. The molecule has 102 valence electrons. The van der Waals surface area contributed by atoms with Crippen molar-refractivity contribution in [2.24, 2.45) is 5.73 Å². The van der Waals surface area contributed by atoms with Crippen molar-refractivity contribution in [3.63, 3.8) is 0 Å². The summed E-state index contributed by atoms with van der Waals surface area (Å²) in [5.74, 6) is 1.09. The normalized spacial score (nSPS) is 16.0. The summed E-state index contributed by atoms with van der Waals surface area (Å²) in [7, 11) is 1.63. The van der Waals surface area contributed by atoms with E-state index in [0.717, 1.165) is 5.56 Å². The summed E-state index contributed by atoms with van der Waals surface area (Å²) in [4.78, 5) is 4.40. The van der Waals surface area contributed by atoms with E-state index in [1.165, 1.54) is 0 Å². The van der Waals surface area contributed by atoms with E-state index < -0.39 is 0 Å². The van der Waals surface area contributed by atoms with Gasteiger partial charge in [-0.15, -0.1) is 0 Å². The summed E-state index contributed by atoms with van der Waals surface area (Å²) in [5, 5.41) is 4.00. The number of ether oxygens (including phenoxy) is 1. The van der Waals surface area contributed by atoms with Crippen LogP contribution in [0, 0.1) is 0 Å². The predicted octanol–water partition coefficient (Wildman–Crippen LogP) is 2.26. The monoisotopic (exact) mass is 261 g/mol. The van der Waals surface area contributed by atoms with Crippen LogP contribution >= 0.6 is 0 Å². The standard InChI is InChI=1S/C14H19N3O2/c1-9(10(2)15)14-16-13(17-19-14)12(18-3)11-7-5-4-6-8-11/h4-10,12H,15H2,1-3H3. The van der Waals surface area contributed by atoms with E-state index in [1.807, 2.05) is 44.2 Å². The van der Waals surface area contributed by atoms with Crippen LogP contribution < -0.4 is 5.73 Å². The van der Waals surface area contributed by atoms with Crippen molar-refractivity contribution in [2.45, 2.75) is 31.9 Å². The first kappa shape index (κ1) is 13.7. The molecule has 1 heterocycles. The molecule has 0 aliphatic heterocycles. The third-order valence-corrected chi connectivity index (χ3v) is 3.21. The van der Waals surface area contributed by atoms with Crippen molar-refractivity contribution in [1.82, 2.24) is 10.1 Å². The van der Waals surface area contributed by atoms with Crippen molar-refractivity contribution >= 4 is 0 Å². The van der Waals surface area contributed by atoms with Gasteiger partial charge in [-0.05, 0) is 12.5 Å². The van der Waals surface area contributed by atoms with Gasteiger partial charge in [-0.1, -0.05) is 42.4 Å². The van der Waals surface area contributed by atoms with Gasteiger partial charge in [-0.2, -0.15) is 4.98 Å². The van der Waals surface area contributed by atoms with E-state index in [-0.39, 0.29) is 18.1 Å². The minimum absolute atomic E-state index is 0.0227. The number of hydrogen-bond donors (Lipinski definition) is 1. The molecule has 2 rings (SSSR count). The summed E-state index contributed by atoms with van der Waals surface area (Å²) in [6, 6.07) is 9.76. The molecular weight excluding hydrogens is 242 g/mol. The number of nitrogens with zero attached hydrogens (tertiary/aromatic N) is 2. The molecule has 0 radical (unpaired) electrons. The van der Waals surface area contributed by atoms with Gasteiger partial charge < -0.3 is 15.0 Å². The molecule has 0 aliphatic carbocycles. The Hall–Kier alpha value is -1.72. The van der Waals surface area contributed by atoms with Crippen molar-refractivity contribution in [1.29, 1.82) is 0 Å². The number of nitrogens with two attached hydrogens (primary N) is 1. The molecule has 1 aromatic heterocycles. The molecule has 3 unspecified atom stereocenters. The predicted molar refractivity (Wildman–Crippen MR) is 71.7 cm³/mol. The Morgan fingerprint density at radius 1 is 1.21 bits per heavy atom. The third-order valence-electron chi connectivity index (χ3n) is 3.21. The van der Waals surface area contributed by atoms with Crippen LogP contribution in [0.15, 0.2) is 34.9 Å². The van der Waals surface area contributed by atoms with Crippen LogP contribution in [0.3, 0.4) is 0 Å². The lowest BCUT2D eigenvalue weighted by atomic mass is 10.1. The summed E-state index contributed by atoms with van der Waals surface area (Å²) >= 11 is 0. The van der Waals surface area contributed by atoms with Gasteiger partial charge >= 0.3 is 0 Å². The van der Waals surface area contributed by atoms with Gasteiger partial charge in [0.05, 0.1) is 5.92 Å². The highest BCUT2D eigenvalue weighted by Gasteiger charge is 2.23. The topological polar surface area (TPSA) is 74.2 Å². The van der Waals surface area contributed by atoms with Crippen molar-refractivity contribution in [3.05, 3.63) is 47.6 Å². The molecule has 19 heavy (non-hydrogen) atoms. The molecular formula is C14H19N3O2. The van der Waals surface area contributed by atoms with E-state index >= 15 is 0 Å². The zero-order chi connectivity index (χ0) is 13.8. The maximum Gasteiger partial charge on any atom is 0.231 e. The van der Waals surface area contributed by atoms with Crippen molar-refractivity contribution in [2.75, 3.05) is 7.11 Å². The highest BCUT2D eigenvalue weighted by atomic mass is 16.5. The average Bonchev–Trinajstić information content (AvgIpc) is 2.89. The van der Waals surface area contributed by atoms with Crippen LogP contribution in [-0.4, -0.2) is 23.3 Å². The van der Waals surface area contributed by atoms with E-state index in [1.54, 1.807) is 7.11 Å². The summed E-state index contributed by atoms with van der Waals surface area (Å²) in [6.07, 6.45) is -0.320. The molecule has 5 heteroatoms. The Morgan fingerprint density at radius 3 is 2.47 bits per heavy atom. The second-order valence-electron chi connectivity index (χ2n) is 4.67. The summed E-state index contributed by atoms with van der Waals surface area (Å²) in [6.45, 7) is 3.88. The first-order valence-corrected chi connectivity index (χ1v) is 6.30. The molecule has 0 saturated carbocycles. The maximum absolute atomic E-state index is 5.84. The maximum atomic E-state index is 5.84. The minimum Gasteiger partial charge on any atom is -0.369 e. The Balaban J connectivity index is 2.26. The Morgan fingerprint density at radius 2 is 1.89 bits per heavy atom. The largest absolute Gasteiger partial charge is 0.369 e. The highest BCUT2D eigenvalue weighted by Crippen LogP contribution is 2.24. The van der Waals surface area contributed by atoms with Gasteiger partial charge in [0, 0.05) is 13.2 Å². The zero-order valence-electron chi connectivity index (χ0n) is 11.4. The zero-order valence-corrected chi connectivity index (χ0v) is 11.4. The van der Waals surface area contributed by atoms with E-state index in [2.05, 4.69) is 10.1 Å². The molecule has 0 spiro atoms. The molecule has 2 N–H and O–H groups in total. The number of hydrogen-bond acceptors (Lipinski definition) is 5. The quantitative estimate of drug-likeness (QED) is 0.893. The molecule has 0 amide bonds. The van der Waals surface area contributed by atoms with Gasteiger partial charge in [-0.25, -0.2) is 0 Å². The molecule has 3 atom stereocenters. The fraction of sp³-hybridized carbons (Fsp3) is 0.429. The molecule has 0 saturated heterocycles. The Bertz CT molecular complexity index is 510. The number of aromatic nitrogens is 2. The van der Waals surface area contributed by atoms with Crippen LogP contribution in [0.2, 0.25) is 0 Å². The van der Waals surface area contributed by atoms with E-state index in [9.17, 15) is 0 Å². The number of methoxy groups -OCH3 is 1. The van der Waals surface area contributed by atoms with Crippen molar-refractivity contribution in [3.8, 4) is 0 Å². The molecule has 2 aromatic rings. The lowest BCUT2D eigenvalue weighted by Gasteiger charge is -2.11. The second-order valence-corrected chi connectivity index (χ2v) is 4.67. The van der Waals surface area contributed by atoms with Crippen molar-refractivity contribution < 1.29 is 9.26 Å². The van der Waals surface area contributed by atoms with Gasteiger partial charge in [-0.3, -0.25) is 0 Å². The number of benzene rings is 1. The van der Waals surface area contributed by atoms with Gasteiger partial charge in [0.1, 0.15) is 6.10 Å². The van der Waals surface area contributed by atoms with Crippen LogP contribution in [0.25, 0.3) is 0 Å². The Kier molecular flexibility index (Phi) is 4.29. The third kappa shape index (κ3) is 3.00. The van der Waals surface area contributed by atoms with E-state index in [4.69, 9.17) is 15.0 Å². The lowest BCUT2D eigenvalue weighted by Crippen LogP contribution is -2.22. The first-order chi connectivity index (χ1) is 9.13. The Labute approximate surface area is 112 Å². The minimum atomic E-state index is -0.320. The van der Waals surface area contributed by atoms with Crippen LogP contribution in [0.5, 0.6) is 0 Å². The molecule has 1 aromatic carbocycles. The molecule has 5 nitrogen and oxygen atoms in total. The van der Waals surface area contributed by atoms with E-state index in [0.29, 0.717) is 11.7 Å². The summed E-state index contributed by atoms with van der Waals surface area (Å²) < 4.78 is 10.7. The van der Waals surface area contributed by atoms with Gasteiger partial charge in [0.2, 0.25) is 11.7 Å². The number of rotatable bonds is 5. The fourth-order valence-corrected chi connectivity index (χ4v) is 1.78. The van der Waals surface area contributed by atoms with Gasteiger partial charge in [0.25, 0.3) is 0 Å². The molecule has 0 aliphatic rings. The highest BCUT2D eigenvalue weighted by molar-refractivity contribution is 5.22. The summed E-state index contributed by atoms with van der Waals surface area (Å²) in [5.41, 5.74) is 6.83. The SMILES string of the molecule is COC(c1ccccc1)c1noc(C(C)C(C)N)n1. The first-order valence-electron chi connectivity index (χ1n) is 6.30. The van der Waals surface area contributed by atoms with Crippen LogP contribution in [-0.2, 0) is 4.74 Å². The smallest absolute Gasteiger partial charge is 0.231 e. The fourth-order valence-electron chi connectivity index (χ4n) is 1.78. The van der Waals surface area contributed by atoms with Crippen LogP contribution in [0.1, 0.15) is 43.1 Å². The van der Waals surface area contributed by atoms with Gasteiger partial charge in [0.15, 0.2) is 0 Å². The lowest BCUT2D eigenvalue weighted by molar-refractivity contribution is 0.126.